The van der Waals surface area contributed by atoms with Crippen LogP contribution < -0.4 is 10.5 Å². The van der Waals surface area contributed by atoms with Crippen molar-refractivity contribution in [1.29, 1.82) is 0 Å². The fourth-order valence-corrected chi connectivity index (χ4v) is 3.71. The number of rotatable bonds is 8. The van der Waals surface area contributed by atoms with Crippen LogP contribution in [0.2, 0.25) is 0 Å². The van der Waals surface area contributed by atoms with E-state index in [-0.39, 0.29) is 19.0 Å². The predicted octanol–water partition coefficient (Wildman–Crippen LogP) is 5.34. The molecule has 0 fully saturated rings. The highest BCUT2D eigenvalue weighted by Crippen LogP contribution is 2.35. The Balaban J connectivity index is 1.66. The van der Waals surface area contributed by atoms with Gasteiger partial charge in [0, 0.05) is 11.1 Å². The van der Waals surface area contributed by atoms with E-state index in [1.807, 2.05) is 12.1 Å². The zero-order valence-corrected chi connectivity index (χ0v) is 20.3. The summed E-state index contributed by atoms with van der Waals surface area (Å²) < 4.78 is 53.1. The van der Waals surface area contributed by atoms with Gasteiger partial charge in [-0.3, -0.25) is 0 Å². The average molecular weight is 527 g/mol. The number of halogens is 3. The first-order valence-electron chi connectivity index (χ1n) is 11.1. The normalized spacial score (nSPS) is 11.2. The molecule has 11 heteroatoms. The number of carbonyl (C=O) groups excluding carboxylic acids is 1. The minimum atomic E-state index is -4.87. The Morgan fingerprint density at radius 2 is 1.78 bits per heavy atom. The van der Waals surface area contributed by atoms with Crippen LogP contribution in [0.25, 0.3) is 17.1 Å². The minimum absolute atomic E-state index is 0.0730. The first-order chi connectivity index (χ1) is 17.7. The summed E-state index contributed by atoms with van der Waals surface area (Å²) in [5.41, 5.74) is 6.21. The summed E-state index contributed by atoms with van der Waals surface area (Å²) in [4.78, 5) is 16.8. The van der Waals surface area contributed by atoms with E-state index < -0.39 is 23.4 Å². The number of hydrogen-bond acceptors (Lipinski definition) is 6. The number of thiocarbonyl (C=S) groups is 1. The third kappa shape index (κ3) is 5.78. The molecule has 0 unspecified atom stereocenters. The first-order valence-corrected chi connectivity index (χ1v) is 11.5. The Kier molecular flexibility index (Phi) is 7.53. The van der Waals surface area contributed by atoms with Crippen LogP contribution in [0.3, 0.4) is 0 Å². The molecule has 0 saturated carbocycles. The van der Waals surface area contributed by atoms with Crippen LogP contribution in [-0.4, -0.2) is 32.3 Å². The van der Waals surface area contributed by atoms with Gasteiger partial charge in [-0.2, -0.15) is 18.3 Å². The third-order valence-electron chi connectivity index (χ3n) is 5.28. The molecule has 0 aliphatic rings. The lowest BCUT2D eigenvalue weighted by atomic mass is 10.1. The molecule has 2 aromatic heterocycles. The number of pyridine rings is 1. The number of carbonyl (C=O) groups is 1. The summed E-state index contributed by atoms with van der Waals surface area (Å²) in [5.74, 6) is -0.755. The highest BCUT2D eigenvalue weighted by Gasteiger charge is 2.41. The maximum Gasteiger partial charge on any atom is 0.434 e. The van der Waals surface area contributed by atoms with Gasteiger partial charge in [0.05, 0.1) is 18.5 Å². The molecule has 4 aromatic rings. The van der Waals surface area contributed by atoms with Crippen LogP contribution in [0.5, 0.6) is 5.75 Å². The largest absolute Gasteiger partial charge is 0.488 e. The second-order valence-corrected chi connectivity index (χ2v) is 8.20. The summed E-state index contributed by atoms with van der Waals surface area (Å²) >= 11 is 4.97. The molecule has 0 aliphatic carbocycles. The summed E-state index contributed by atoms with van der Waals surface area (Å²) in [6.07, 6.45) is -4.05. The highest BCUT2D eigenvalue weighted by molar-refractivity contribution is 7.80. The SMILES string of the molecule is CCOC(=O)c1cnn(-c2cccc(-c3ccccc3OCc3ccc(C(N)=S)cc3)n2)c1C(F)(F)F. The molecule has 0 radical (unpaired) electrons. The Morgan fingerprint density at radius 1 is 1.05 bits per heavy atom. The number of alkyl halides is 3. The summed E-state index contributed by atoms with van der Waals surface area (Å²) in [6, 6.07) is 18.9. The van der Waals surface area contributed by atoms with E-state index in [0.29, 0.717) is 26.7 Å². The first kappa shape index (κ1) is 25.8. The maximum atomic E-state index is 13.9. The van der Waals surface area contributed by atoms with Crippen molar-refractivity contribution in [1.82, 2.24) is 14.8 Å². The van der Waals surface area contributed by atoms with Crippen LogP contribution in [0.15, 0.2) is 72.9 Å². The van der Waals surface area contributed by atoms with E-state index in [1.54, 1.807) is 48.5 Å². The zero-order chi connectivity index (χ0) is 26.6. The lowest BCUT2D eigenvalue weighted by molar-refractivity contribution is -0.143. The van der Waals surface area contributed by atoms with Gasteiger partial charge in [-0.1, -0.05) is 54.7 Å². The van der Waals surface area contributed by atoms with E-state index in [4.69, 9.17) is 27.4 Å². The van der Waals surface area contributed by atoms with Gasteiger partial charge in [0.25, 0.3) is 0 Å². The molecule has 2 heterocycles. The lowest BCUT2D eigenvalue weighted by Gasteiger charge is -2.14. The molecule has 2 N–H and O–H groups in total. The fourth-order valence-electron chi connectivity index (χ4n) is 3.57. The van der Waals surface area contributed by atoms with Gasteiger partial charge < -0.3 is 15.2 Å². The molecule has 4 rings (SSSR count). The molecule has 2 aromatic carbocycles. The number of para-hydroxylation sites is 1. The number of benzene rings is 2. The second kappa shape index (κ2) is 10.8. The molecule has 0 aliphatic heterocycles. The molecule has 0 bridgehead atoms. The number of ether oxygens (including phenoxy) is 2. The smallest absolute Gasteiger partial charge is 0.434 e. The molecule has 37 heavy (non-hydrogen) atoms. The molecule has 0 atom stereocenters. The van der Waals surface area contributed by atoms with Gasteiger partial charge >= 0.3 is 12.1 Å². The maximum absolute atomic E-state index is 13.9. The highest BCUT2D eigenvalue weighted by atomic mass is 32.1. The number of hydrogen-bond donors (Lipinski definition) is 1. The van der Waals surface area contributed by atoms with Gasteiger partial charge in [-0.15, -0.1) is 0 Å². The molecular formula is C26H21F3N4O3S. The molecule has 190 valence electrons. The molecule has 0 spiro atoms. The molecule has 0 amide bonds. The number of nitrogens with zero attached hydrogens (tertiary/aromatic N) is 3. The molecular weight excluding hydrogens is 505 g/mol. The van der Waals surface area contributed by atoms with Crippen LogP contribution in [0.1, 0.15) is 34.1 Å². The molecule has 7 nitrogen and oxygen atoms in total. The van der Waals surface area contributed by atoms with Crippen LogP contribution in [0, 0.1) is 0 Å². The topological polar surface area (TPSA) is 92.3 Å². The van der Waals surface area contributed by atoms with Crippen molar-refractivity contribution in [3.05, 3.63) is 95.3 Å². The number of aromatic nitrogens is 3. The van der Waals surface area contributed by atoms with Crippen molar-refractivity contribution in [2.45, 2.75) is 19.7 Å². The number of esters is 1. The van der Waals surface area contributed by atoms with Crippen LogP contribution >= 0.6 is 12.2 Å². The fraction of sp³-hybridized carbons (Fsp3) is 0.154. The van der Waals surface area contributed by atoms with Crippen LogP contribution in [-0.2, 0) is 17.5 Å². The average Bonchev–Trinajstić information content (AvgIpc) is 3.35. The van der Waals surface area contributed by atoms with Crippen molar-refractivity contribution in [2.75, 3.05) is 6.61 Å². The quantitative estimate of drug-likeness (QED) is 0.245. The van der Waals surface area contributed by atoms with E-state index in [1.165, 1.54) is 13.0 Å². The van der Waals surface area contributed by atoms with Gasteiger partial charge in [0.2, 0.25) is 0 Å². The minimum Gasteiger partial charge on any atom is -0.488 e. The van der Waals surface area contributed by atoms with E-state index in [0.717, 1.165) is 17.3 Å². The third-order valence-corrected chi connectivity index (χ3v) is 5.52. The van der Waals surface area contributed by atoms with Crippen LogP contribution in [0.4, 0.5) is 13.2 Å². The van der Waals surface area contributed by atoms with Gasteiger partial charge in [0.1, 0.15) is 22.9 Å². The Hall–Kier alpha value is -4.25. The number of nitrogens with two attached hydrogens (primary N) is 1. The standard InChI is InChI=1S/C26H21F3N4O3S/c1-2-35-25(34)19-14-31-33(23(19)26(27,28)29)22-9-5-7-20(32-22)18-6-3-4-8-21(18)36-15-16-10-12-17(13-11-16)24(30)37/h3-14H,2,15H2,1H3,(H2,30,37). The Morgan fingerprint density at radius 3 is 2.46 bits per heavy atom. The Bertz CT molecular complexity index is 1440. The van der Waals surface area contributed by atoms with E-state index in [9.17, 15) is 18.0 Å². The van der Waals surface area contributed by atoms with E-state index >= 15 is 0 Å². The lowest BCUT2D eigenvalue weighted by Crippen LogP contribution is -2.19. The summed E-state index contributed by atoms with van der Waals surface area (Å²) in [6.45, 7) is 1.66. The van der Waals surface area contributed by atoms with Crippen molar-refractivity contribution in [3.8, 4) is 22.8 Å². The van der Waals surface area contributed by atoms with Gasteiger partial charge in [-0.05, 0) is 36.8 Å². The van der Waals surface area contributed by atoms with E-state index in [2.05, 4.69) is 10.1 Å². The predicted molar refractivity (Wildman–Crippen MR) is 134 cm³/mol. The van der Waals surface area contributed by atoms with Gasteiger partial charge in [-0.25, -0.2) is 14.5 Å². The summed E-state index contributed by atoms with van der Waals surface area (Å²) in [5, 5.41) is 3.79. The zero-order valence-electron chi connectivity index (χ0n) is 19.5. The molecule has 0 saturated heterocycles. The second-order valence-electron chi connectivity index (χ2n) is 7.76. The Labute approximate surface area is 215 Å². The van der Waals surface area contributed by atoms with Crippen molar-refractivity contribution >= 4 is 23.2 Å². The van der Waals surface area contributed by atoms with Crippen molar-refractivity contribution in [2.24, 2.45) is 5.73 Å². The summed E-state index contributed by atoms with van der Waals surface area (Å²) in [7, 11) is 0. The van der Waals surface area contributed by atoms with Crippen molar-refractivity contribution in [3.63, 3.8) is 0 Å². The monoisotopic (exact) mass is 526 g/mol. The van der Waals surface area contributed by atoms with Gasteiger partial charge in [0.15, 0.2) is 11.5 Å². The van der Waals surface area contributed by atoms with Crippen molar-refractivity contribution < 1.29 is 27.4 Å².